The summed E-state index contributed by atoms with van der Waals surface area (Å²) in [5, 5.41) is 39.8. The molecule has 7 nitrogen and oxygen atoms in total. The lowest BCUT2D eigenvalue weighted by molar-refractivity contribution is -0.155. The van der Waals surface area contributed by atoms with Gasteiger partial charge in [-0.15, -0.1) is 0 Å². The number of aromatic hydroxyl groups is 4. The maximum atomic E-state index is 12.7. The Kier molecular flexibility index (Phi) is 10.6. The van der Waals surface area contributed by atoms with Crippen molar-refractivity contribution in [2.45, 2.75) is 103 Å². The Bertz CT molecular complexity index is 988. The molecule has 7 heteroatoms. The highest BCUT2D eigenvalue weighted by Gasteiger charge is 2.36. The van der Waals surface area contributed by atoms with E-state index >= 15 is 0 Å². The van der Waals surface area contributed by atoms with Crippen LogP contribution in [0.4, 0.5) is 0 Å². The summed E-state index contributed by atoms with van der Waals surface area (Å²) in [6, 6.07) is 6.90. The van der Waals surface area contributed by atoms with E-state index in [2.05, 4.69) is 6.92 Å². The molecule has 2 aromatic rings. The van der Waals surface area contributed by atoms with Crippen molar-refractivity contribution in [2.75, 3.05) is 0 Å². The molecule has 0 aliphatic carbocycles. The number of fused-ring (bicyclic) bond motifs is 1. The summed E-state index contributed by atoms with van der Waals surface area (Å²) in [6.45, 7) is 2.23. The third-order valence-electron chi connectivity index (χ3n) is 6.76. The van der Waals surface area contributed by atoms with Crippen molar-refractivity contribution in [1.29, 1.82) is 0 Å². The number of carbonyl (C=O) groups is 1. The van der Waals surface area contributed by atoms with Gasteiger partial charge < -0.3 is 29.9 Å². The van der Waals surface area contributed by atoms with Gasteiger partial charge in [0.2, 0.25) is 0 Å². The van der Waals surface area contributed by atoms with Crippen LogP contribution in [0.2, 0.25) is 0 Å². The highest BCUT2D eigenvalue weighted by Crippen LogP contribution is 2.43. The number of unbranched alkanes of at least 4 members (excludes halogenated alkanes) is 10. The first-order chi connectivity index (χ1) is 17.4. The van der Waals surface area contributed by atoms with E-state index in [1.807, 2.05) is 0 Å². The summed E-state index contributed by atoms with van der Waals surface area (Å²) in [6.07, 6.45) is 12.1. The van der Waals surface area contributed by atoms with Gasteiger partial charge in [0.05, 0.1) is 0 Å². The molecule has 198 valence electrons. The summed E-state index contributed by atoms with van der Waals surface area (Å²) in [7, 11) is 0. The average Bonchev–Trinajstić information content (AvgIpc) is 2.84. The lowest BCUT2D eigenvalue weighted by atomic mass is 9.93. The van der Waals surface area contributed by atoms with Crippen LogP contribution < -0.4 is 4.74 Å². The van der Waals surface area contributed by atoms with Crippen LogP contribution in [0.1, 0.15) is 101 Å². The molecule has 0 saturated carbocycles. The summed E-state index contributed by atoms with van der Waals surface area (Å²) in [5.41, 5.74) is 0.950. The Labute approximate surface area is 213 Å². The average molecular weight is 501 g/mol. The number of phenolic OH excluding ortho intramolecular Hbond substituents is 4. The summed E-state index contributed by atoms with van der Waals surface area (Å²) in [4.78, 5) is 12.7. The highest BCUT2D eigenvalue weighted by atomic mass is 16.6. The van der Waals surface area contributed by atoms with Gasteiger partial charge in [-0.2, -0.15) is 0 Å². The van der Waals surface area contributed by atoms with Gasteiger partial charge in [0.1, 0.15) is 23.4 Å². The van der Waals surface area contributed by atoms with E-state index in [9.17, 15) is 25.2 Å². The molecule has 0 spiro atoms. The number of esters is 1. The number of hydrogen-bond donors (Lipinski definition) is 4. The van der Waals surface area contributed by atoms with E-state index in [1.54, 1.807) is 6.07 Å². The molecule has 4 N–H and O–H groups in total. The summed E-state index contributed by atoms with van der Waals surface area (Å²) >= 11 is 0. The van der Waals surface area contributed by atoms with Crippen molar-refractivity contribution in [1.82, 2.24) is 0 Å². The van der Waals surface area contributed by atoms with Gasteiger partial charge in [0.25, 0.3) is 0 Å². The molecule has 3 rings (SSSR count). The van der Waals surface area contributed by atoms with Gasteiger partial charge in [-0.25, -0.2) is 0 Å². The molecular weight excluding hydrogens is 460 g/mol. The van der Waals surface area contributed by atoms with Crippen LogP contribution in [-0.4, -0.2) is 32.5 Å². The number of ether oxygens (including phenoxy) is 2. The van der Waals surface area contributed by atoms with Gasteiger partial charge in [0.15, 0.2) is 17.6 Å². The second-order valence-electron chi connectivity index (χ2n) is 9.75. The third-order valence-corrected chi connectivity index (χ3v) is 6.76. The summed E-state index contributed by atoms with van der Waals surface area (Å²) in [5.74, 6) is -0.923. The van der Waals surface area contributed by atoms with Crippen LogP contribution in [0.25, 0.3) is 0 Å². The fourth-order valence-corrected chi connectivity index (χ4v) is 4.71. The maximum Gasteiger partial charge on any atom is 0.306 e. The van der Waals surface area contributed by atoms with Crippen molar-refractivity contribution < 1.29 is 34.7 Å². The fourth-order valence-electron chi connectivity index (χ4n) is 4.71. The van der Waals surface area contributed by atoms with Gasteiger partial charge in [-0.05, 0) is 18.6 Å². The molecule has 2 aromatic carbocycles. The molecule has 0 bridgehead atoms. The van der Waals surface area contributed by atoms with Crippen molar-refractivity contribution in [3.8, 4) is 28.7 Å². The van der Waals surface area contributed by atoms with Crippen LogP contribution in [0.15, 0.2) is 30.3 Å². The molecule has 0 fully saturated rings. The van der Waals surface area contributed by atoms with Crippen molar-refractivity contribution in [2.24, 2.45) is 0 Å². The quantitative estimate of drug-likeness (QED) is 0.128. The van der Waals surface area contributed by atoms with E-state index in [-0.39, 0.29) is 41.1 Å². The van der Waals surface area contributed by atoms with Crippen LogP contribution in [-0.2, 0) is 16.0 Å². The largest absolute Gasteiger partial charge is 0.508 e. The van der Waals surface area contributed by atoms with E-state index in [1.165, 1.54) is 75.6 Å². The molecule has 2 atom stereocenters. The predicted molar refractivity (Wildman–Crippen MR) is 138 cm³/mol. The molecule has 1 unspecified atom stereocenters. The molecule has 0 radical (unpaired) electrons. The topological polar surface area (TPSA) is 116 Å². The lowest BCUT2D eigenvalue weighted by Gasteiger charge is -2.34. The van der Waals surface area contributed by atoms with Crippen molar-refractivity contribution >= 4 is 5.97 Å². The standard InChI is InChI=1S/C29H40O7/c1-2-3-4-5-6-7-8-9-10-11-12-13-28(34)35-27-19-22-24(32)17-21(30)18-26(22)36-29(27)20-14-15-23(31)25(33)16-20/h14-18,27,29-33H,2-13,19H2,1H3/t27?,29-/m1/s1. The van der Waals surface area contributed by atoms with E-state index in [0.717, 1.165) is 19.3 Å². The van der Waals surface area contributed by atoms with Crippen LogP contribution in [0.5, 0.6) is 28.7 Å². The van der Waals surface area contributed by atoms with Gasteiger partial charge >= 0.3 is 5.97 Å². The van der Waals surface area contributed by atoms with E-state index in [0.29, 0.717) is 17.5 Å². The molecule has 36 heavy (non-hydrogen) atoms. The smallest absolute Gasteiger partial charge is 0.306 e. The van der Waals surface area contributed by atoms with Gasteiger partial charge in [0, 0.05) is 36.1 Å². The minimum Gasteiger partial charge on any atom is -0.508 e. The van der Waals surface area contributed by atoms with Crippen LogP contribution >= 0.6 is 0 Å². The molecule has 1 aliphatic rings. The molecule has 0 saturated heterocycles. The molecular formula is C29H40O7. The van der Waals surface area contributed by atoms with E-state index in [4.69, 9.17) is 9.47 Å². The Hall–Kier alpha value is -3.09. The normalized spacial score (nSPS) is 16.8. The first-order valence-corrected chi connectivity index (χ1v) is 13.3. The Morgan fingerprint density at radius 1 is 0.833 bits per heavy atom. The van der Waals surface area contributed by atoms with Crippen molar-refractivity contribution in [3.05, 3.63) is 41.5 Å². The number of phenols is 4. The van der Waals surface area contributed by atoms with Crippen LogP contribution in [0, 0.1) is 0 Å². The SMILES string of the molecule is CCCCCCCCCCCCCC(=O)OC1Cc2c(O)cc(O)cc2O[C@@H]1c1ccc(O)c(O)c1. The molecule has 1 aliphatic heterocycles. The zero-order chi connectivity index (χ0) is 25.9. The number of hydrogen-bond acceptors (Lipinski definition) is 7. The molecule has 1 heterocycles. The Morgan fingerprint density at radius 3 is 2.11 bits per heavy atom. The zero-order valence-corrected chi connectivity index (χ0v) is 21.2. The second-order valence-corrected chi connectivity index (χ2v) is 9.75. The zero-order valence-electron chi connectivity index (χ0n) is 21.2. The minimum atomic E-state index is -0.772. The van der Waals surface area contributed by atoms with Crippen molar-refractivity contribution in [3.63, 3.8) is 0 Å². The Morgan fingerprint density at radius 2 is 1.47 bits per heavy atom. The Balaban J connectivity index is 1.51. The minimum absolute atomic E-state index is 0.136. The van der Waals surface area contributed by atoms with Gasteiger partial charge in [-0.3, -0.25) is 4.79 Å². The number of benzene rings is 2. The third kappa shape index (κ3) is 7.97. The van der Waals surface area contributed by atoms with E-state index < -0.39 is 12.2 Å². The number of rotatable bonds is 14. The first-order valence-electron chi connectivity index (χ1n) is 13.3. The predicted octanol–water partition coefficient (Wildman–Crippen LogP) is 6.80. The fraction of sp³-hybridized carbons (Fsp3) is 0.552. The molecule has 0 aromatic heterocycles. The first kappa shape index (κ1) is 27.5. The maximum absolute atomic E-state index is 12.7. The summed E-state index contributed by atoms with van der Waals surface area (Å²) < 4.78 is 11.8. The van der Waals surface area contributed by atoms with Gasteiger partial charge in [-0.1, -0.05) is 77.2 Å². The second kappa shape index (κ2) is 13.9. The van der Waals surface area contributed by atoms with Crippen LogP contribution in [0.3, 0.4) is 0 Å². The highest BCUT2D eigenvalue weighted by molar-refractivity contribution is 5.69. The lowest BCUT2D eigenvalue weighted by Crippen LogP contribution is -2.34. The molecule has 0 amide bonds. The number of carbonyl (C=O) groups excluding carboxylic acids is 1. The monoisotopic (exact) mass is 500 g/mol.